The number of non-ortho nitro benzene ring substituents is 1. The van der Waals surface area contributed by atoms with Crippen molar-refractivity contribution in [2.24, 2.45) is 5.10 Å². The van der Waals surface area contributed by atoms with Crippen LogP contribution < -0.4 is 20.2 Å². The number of carbonyl (C=O) groups is 2. The molecule has 13 nitrogen and oxygen atoms in total. The number of hydrogen-bond donors (Lipinski definition) is 2. The summed E-state index contributed by atoms with van der Waals surface area (Å²) in [6, 6.07) is 16.0. The van der Waals surface area contributed by atoms with Gasteiger partial charge >= 0.3 is 5.69 Å². The number of rotatable bonds is 10. The van der Waals surface area contributed by atoms with Crippen molar-refractivity contribution in [3.05, 3.63) is 92.5 Å². The maximum atomic E-state index is 12.1. The number of nitrogens with zero attached hydrogens (tertiary/aromatic N) is 3. The number of nitrogens with one attached hydrogen (secondary N) is 2. The van der Waals surface area contributed by atoms with Gasteiger partial charge in [0.2, 0.25) is 17.6 Å². The summed E-state index contributed by atoms with van der Waals surface area (Å²) in [5, 5.41) is 28.5. The molecule has 3 rings (SSSR count). The number of hydrogen-bond acceptors (Lipinski definition) is 9. The lowest BCUT2D eigenvalue weighted by Crippen LogP contribution is -2.24. The lowest BCUT2D eigenvalue weighted by molar-refractivity contribution is -0.394. The third-order valence-corrected chi connectivity index (χ3v) is 4.54. The van der Waals surface area contributed by atoms with Gasteiger partial charge in [0.1, 0.15) is 17.9 Å². The van der Waals surface area contributed by atoms with E-state index in [0.29, 0.717) is 17.0 Å². The van der Waals surface area contributed by atoms with E-state index in [-0.39, 0.29) is 11.5 Å². The summed E-state index contributed by atoms with van der Waals surface area (Å²) in [6.45, 7) is 0. The van der Waals surface area contributed by atoms with Gasteiger partial charge in [0, 0.05) is 6.07 Å². The van der Waals surface area contributed by atoms with Gasteiger partial charge in [0.25, 0.3) is 5.69 Å². The number of ether oxygens (including phenoxy) is 2. The molecule has 0 aromatic heterocycles. The number of anilines is 1. The zero-order valence-electron chi connectivity index (χ0n) is 18.7. The summed E-state index contributed by atoms with van der Waals surface area (Å²) >= 11 is 0. The molecule has 13 heteroatoms. The van der Waals surface area contributed by atoms with Crippen LogP contribution in [0, 0.1) is 20.2 Å². The molecule has 3 aromatic carbocycles. The number of amides is 2. The second-order valence-corrected chi connectivity index (χ2v) is 7.06. The van der Waals surface area contributed by atoms with Crippen LogP contribution in [0.4, 0.5) is 17.1 Å². The van der Waals surface area contributed by atoms with Crippen molar-refractivity contribution in [1.29, 1.82) is 0 Å². The second-order valence-electron chi connectivity index (χ2n) is 7.06. The van der Waals surface area contributed by atoms with E-state index in [0.717, 1.165) is 18.2 Å². The zero-order valence-corrected chi connectivity index (χ0v) is 18.7. The smallest absolute Gasteiger partial charge is 0.318 e. The van der Waals surface area contributed by atoms with Crippen LogP contribution >= 0.6 is 0 Å². The number of nitro groups is 2. The molecule has 36 heavy (non-hydrogen) atoms. The van der Waals surface area contributed by atoms with Crippen LogP contribution in [0.1, 0.15) is 12.0 Å². The fourth-order valence-corrected chi connectivity index (χ4v) is 2.94. The van der Waals surface area contributed by atoms with Crippen molar-refractivity contribution in [3.63, 3.8) is 0 Å². The number of methoxy groups -OCH3 is 1. The predicted octanol–water partition coefficient (Wildman–Crippen LogP) is 3.78. The molecule has 3 aromatic rings. The lowest BCUT2D eigenvalue weighted by atomic mass is 10.2. The zero-order chi connectivity index (χ0) is 26.1. The van der Waals surface area contributed by atoms with Gasteiger partial charge in [-0.25, -0.2) is 5.43 Å². The van der Waals surface area contributed by atoms with Crippen LogP contribution in [-0.2, 0) is 9.59 Å². The largest absolute Gasteiger partial charge is 0.495 e. The first-order valence-electron chi connectivity index (χ1n) is 10.2. The molecule has 0 spiro atoms. The Balaban J connectivity index is 1.60. The Bertz CT molecular complexity index is 1340. The molecule has 0 aliphatic carbocycles. The average molecular weight is 493 g/mol. The fourth-order valence-electron chi connectivity index (χ4n) is 2.94. The highest BCUT2D eigenvalue weighted by Gasteiger charge is 2.21. The number of para-hydroxylation sites is 2. The lowest BCUT2D eigenvalue weighted by Gasteiger charge is -2.09. The minimum atomic E-state index is -0.785. The van der Waals surface area contributed by atoms with Crippen LogP contribution in [0.3, 0.4) is 0 Å². The van der Waals surface area contributed by atoms with E-state index < -0.39 is 39.5 Å². The van der Waals surface area contributed by atoms with E-state index in [1.165, 1.54) is 25.5 Å². The fraction of sp³-hybridized carbons (Fsp3) is 0.0870. The second kappa shape index (κ2) is 11.7. The summed E-state index contributed by atoms with van der Waals surface area (Å²) in [7, 11) is 1.46. The summed E-state index contributed by atoms with van der Waals surface area (Å²) < 4.78 is 10.7. The van der Waals surface area contributed by atoms with E-state index in [1.807, 2.05) is 0 Å². The molecule has 0 radical (unpaired) electrons. The Labute approximate surface area is 203 Å². The number of nitro benzene ring substituents is 2. The van der Waals surface area contributed by atoms with Crippen LogP contribution in [0.25, 0.3) is 0 Å². The van der Waals surface area contributed by atoms with Crippen molar-refractivity contribution in [3.8, 4) is 17.2 Å². The van der Waals surface area contributed by atoms with Crippen molar-refractivity contribution >= 4 is 35.1 Å². The van der Waals surface area contributed by atoms with E-state index in [2.05, 4.69) is 15.8 Å². The summed E-state index contributed by atoms with van der Waals surface area (Å²) in [5.74, 6) is -0.766. The standard InChI is InChI=1S/C23H19N5O8/c1-35-20-8-3-2-7-18(20)25-22(29)13-23(30)26-24-14-15-5-4-6-17(11-15)36-21-10-9-16(27(31)32)12-19(21)28(33)34/h2-12,14H,13H2,1H3,(H,25,29)(H,26,30). The number of carbonyl (C=O) groups excluding carboxylic acids is 2. The Morgan fingerprint density at radius 1 is 0.944 bits per heavy atom. The summed E-state index contributed by atoms with van der Waals surface area (Å²) in [4.78, 5) is 44.7. The quantitative estimate of drug-likeness (QED) is 0.186. The van der Waals surface area contributed by atoms with Gasteiger partial charge < -0.3 is 14.8 Å². The molecule has 0 saturated heterocycles. The minimum Gasteiger partial charge on any atom is -0.495 e. The van der Waals surface area contributed by atoms with Gasteiger partial charge in [-0.15, -0.1) is 0 Å². The maximum absolute atomic E-state index is 12.1. The Morgan fingerprint density at radius 2 is 1.72 bits per heavy atom. The van der Waals surface area contributed by atoms with Gasteiger partial charge in [0.15, 0.2) is 0 Å². The van der Waals surface area contributed by atoms with E-state index in [1.54, 1.807) is 36.4 Å². The van der Waals surface area contributed by atoms with Crippen LogP contribution in [-0.4, -0.2) is 35.0 Å². The minimum absolute atomic E-state index is 0.186. The molecule has 0 aliphatic rings. The molecule has 0 bridgehead atoms. The van der Waals surface area contributed by atoms with Gasteiger partial charge in [-0.3, -0.25) is 29.8 Å². The third-order valence-electron chi connectivity index (χ3n) is 4.54. The normalized spacial score (nSPS) is 10.5. The number of hydrazone groups is 1. The maximum Gasteiger partial charge on any atom is 0.318 e. The summed E-state index contributed by atoms with van der Waals surface area (Å²) in [5.41, 5.74) is 2.11. The Kier molecular flexibility index (Phi) is 8.22. The molecule has 184 valence electrons. The predicted molar refractivity (Wildman–Crippen MR) is 128 cm³/mol. The highest BCUT2D eigenvalue weighted by Crippen LogP contribution is 2.34. The summed E-state index contributed by atoms with van der Waals surface area (Å²) in [6.07, 6.45) is 0.801. The first kappa shape index (κ1) is 25.3. The molecule has 0 unspecified atom stereocenters. The van der Waals surface area contributed by atoms with Crippen molar-refractivity contribution < 1.29 is 28.9 Å². The van der Waals surface area contributed by atoms with Crippen molar-refractivity contribution in [1.82, 2.24) is 5.43 Å². The molecule has 0 fully saturated rings. The Morgan fingerprint density at radius 3 is 2.44 bits per heavy atom. The number of benzene rings is 3. The third kappa shape index (κ3) is 6.84. The molecular formula is C23H19N5O8. The van der Waals surface area contributed by atoms with Crippen LogP contribution in [0.5, 0.6) is 17.2 Å². The average Bonchev–Trinajstić information content (AvgIpc) is 2.84. The molecule has 0 saturated carbocycles. The molecule has 0 atom stereocenters. The molecule has 2 amide bonds. The van der Waals surface area contributed by atoms with Crippen LogP contribution in [0.15, 0.2) is 71.8 Å². The SMILES string of the molecule is COc1ccccc1NC(=O)CC(=O)NN=Cc1cccc(Oc2ccc([N+](=O)[O-])cc2[N+](=O)[O-])c1. The monoisotopic (exact) mass is 493 g/mol. The van der Waals surface area contributed by atoms with Gasteiger partial charge in [-0.1, -0.05) is 24.3 Å². The molecule has 0 heterocycles. The van der Waals surface area contributed by atoms with Gasteiger partial charge in [-0.05, 0) is 35.9 Å². The topological polar surface area (TPSA) is 175 Å². The first-order chi connectivity index (χ1) is 17.3. The molecule has 0 aliphatic heterocycles. The van der Waals surface area contributed by atoms with Crippen LogP contribution in [0.2, 0.25) is 0 Å². The Hall–Kier alpha value is -5.33. The highest BCUT2D eigenvalue weighted by atomic mass is 16.6. The first-order valence-corrected chi connectivity index (χ1v) is 10.2. The van der Waals surface area contributed by atoms with Gasteiger partial charge in [0.05, 0.1) is 34.9 Å². The van der Waals surface area contributed by atoms with Crippen molar-refractivity contribution in [2.75, 3.05) is 12.4 Å². The van der Waals surface area contributed by atoms with E-state index in [4.69, 9.17) is 9.47 Å². The van der Waals surface area contributed by atoms with Gasteiger partial charge in [-0.2, -0.15) is 5.10 Å². The molecular weight excluding hydrogens is 474 g/mol. The highest BCUT2D eigenvalue weighted by molar-refractivity contribution is 6.04. The molecule has 2 N–H and O–H groups in total. The van der Waals surface area contributed by atoms with E-state index in [9.17, 15) is 29.8 Å². The van der Waals surface area contributed by atoms with Crippen molar-refractivity contribution in [2.45, 2.75) is 6.42 Å². The van der Waals surface area contributed by atoms with E-state index >= 15 is 0 Å².